The molecule has 9 heavy (non-hydrogen) atoms. The molecule has 0 nitrogen and oxygen atoms in total. The third-order valence-electron chi connectivity index (χ3n) is 1.77. The first kappa shape index (κ1) is 8.74. The highest BCUT2D eigenvalue weighted by molar-refractivity contribution is 4.98. The molecule has 0 aromatic carbocycles. The summed E-state index contributed by atoms with van der Waals surface area (Å²) in [6.07, 6.45) is 4.82. The number of allylic oxidation sites excluding steroid dienone is 2. The molecular weight excluding hydrogens is 108 g/mol. The summed E-state index contributed by atoms with van der Waals surface area (Å²) in [4.78, 5) is 0. The number of hydrogen-bond donors (Lipinski definition) is 0. The van der Waals surface area contributed by atoms with E-state index in [4.69, 9.17) is 0 Å². The summed E-state index contributed by atoms with van der Waals surface area (Å²) in [5, 5.41) is 0. The molecule has 0 heteroatoms. The molecule has 0 fully saturated rings. The van der Waals surface area contributed by atoms with Crippen molar-refractivity contribution in [3.63, 3.8) is 0 Å². The van der Waals surface area contributed by atoms with Crippen LogP contribution in [0.1, 0.15) is 40.5 Å². The topological polar surface area (TPSA) is 0 Å². The smallest absolute Gasteiger partial charge is 0.0262 e. The minimum absolute atomic E-state index is 0.768. The van der Waals surface area contributed by atoms with E-state index in [0.29, 0.717) is 0 Å². The van der Waals surface area contributed by atoms with E-state index in [2.05, 4.69) is 33.8 Å². The fraction of sp³-hybridized carbons (Fsp3) is 0.778. The molecule has 0 amide bonds. The maximum atomic E-state index is 2.36. The monoisotopic (exact) mass is 126 g/mol. The highest BCUT2D eigenvalue weighted by Crippen LogP contribution is 2.08. The second-order valence-corrected chi connectivity index (χ2v) is 2.75. The van der Waals surface area contributed by atoms with E-state index >= 15 is 0 Å². The number of hydrogen-bond acceptors (Lipinski definition) is 0. The highest BCUT2D eigenvalue weighted by atomic mass is 14.0. The van der Waals surface area contributed by atoms with Crippen LogP contribution in [0.5, 0.6) is 0 Å². The van der Waals surface area contributed by atoms with Crippen LogP contribution in [0.4, 0.5) is 0 Å². The molecule has 54 valence electrons. The summed E-state index contributed by atoms with van der Waals surface area (Å²) in [6, 6.07) is 0. The second-order valence-electron chi connectivity index (χ2n) is 2.75. The van der Waals surface area contributed by atoms with Gasteiger partial charge in [-0.2, -0.15) is 0 Å². The van der Waals surface area contributed by atoms with Crippen molar-refractivity contribution in [2.45, 2.75) is 40.5 Å². The van der Waals surface area contributed by atoms with Gasteiger partial charge in [-0.15, -0.1) is 0 Å². The molecular formula is C9H18. The molecule has 1 unspecified atom stereocenters. The van der Waals surface area contributed by atoms with Crippen LogP contribution < -0.4 is 0 Å². The average Bonchev–Trinajstić information content (AvgIpc) is 1.87. The van der Waals surface area contributed by atoms with Gasteiger partial charge in [0, 0.05) is 0 Å². The molecule has 0 saturated carbocycles. The molecule has 0 radical (unpaired) electrons. The van der Waals surface area contributed by atoms with E-state index in [0.717, 1.165) is 5.92 Å². The minimum Gasteiger partial charge on any atom is -0.0828 e. The van der Waals surface area contributed by atoms with Gasteiger partial charge < -0.3 is 0 Å². The molecule has 0 aliphatic heterocycles. The van der Waals surface area contributed by atoms with Gasteiger partial charge in [0.15, 0.2) is 0 Å². The largest absolute Gasteiger partial charge is 0.0828 e. The fourth-order valence-electron chi connectivity index (χ4n) is 0.721. The van der Waals surface area contributed by atoms with Crippen LogP contribution in [0.25, 0.3) is 0 Å². The first-order chi connectivity index (χ1) is 4.20. The predicted octanol–water partition coefficient (Wildman–Crippen LogP) is 3.39. The van der Waals surface area contributed by atoms with Crippen LogP contribution in [-0.4, -0.2) is 0 Å². The lowest BCUT2D eigenvalue weighted by atomic mass is 10.0. The van der Waals surface area contributed by atoms with Crippen molar-refractivity contribution in [1.29, 1.82) is 0 Å². The Bertz CT molecular complexity index is 90.2. The molecule has 0 spiro atoms. The third-order valence-corrected chi connectivity index (χ3v) is 1.77. The Balaban J connectivity index is 3.64. The second kappa shape index (κ2) is 4.60. The van der Waals surface area contributed by atoms with Gasteiger partial charge in [0.1, 0.15) is 0 Å². The molecule has 0 N–H and O–H groups in total. The SMILES string of the molecule is CC/C(C)=C\C(C)CC. The number of rotatable bonds is 3. The van der Waals surface area contributed by atoms with Crippen LogP contribution in [-0.2, 0) is 0 Å². The van der Waals surface area contributed by atoms with Crippen molar-refractivity contribution >= 4 is 0 Å². The Hall–Kier alpha value is -0.260. The summed E-state index contributed by atoms with van der Waals surface area (Å²) >= 11 is 0. The molecule has 0 saturated heterocycles. The van der Waals surface area contributed by atoms with Gasteiger partial charge >= 0.3 is 0 Å². The van der Waals surface area contributed by atoms with Gasteiger partial charge in [0.05, 0.1) is 0 Å². The van der Waals surface area contributed by atoms with Gasteiger partial charge in [0.25, 0.3) is 0 Å². The summed E-state index contributed by atoms with van der Waals surface area (Å²) in [7, 11) is 0. The van der Waals surface area contributed by atoms with E-state index in [1.54, 1.807) is 0 Å². The van der Waals surface area contributed by atoms with Gasteiger partial charge in [0.2, 0.25) is 0 Å². The predicted molar refractivity (Wildman–Crippen MR) is 43.5 cm³/mol. The van der Waals surface area contributed by atoms with Crippen molar-refractivity contribution < 1.29 is 0 Å². The molecule has 0 aliphatic rings. The molecule has 0 bridgehead atoms. The Morgan fingerprint density at radius 3 is 2.33 bits per heavy atom. The maximum absolute atomic E-state index is 2.36. The van der Waals surface area contributed by atoms with E-state index in [9.17, 15) is 0 Å². The minimum atomic E-state index is 0.768. The molecule has 0 rings (SSSR count). The lowest BCUT2D eigenvalue weighted by Crippen LogP contribution is -1.86. The zero-order valence-corrected chi connectivity index (χ0v) is 7.07. The van der Waals surface area contributed by atoms with Gasteiger partial charge in [-0.05, 0) is 19.3 Å². The summed E-state index contributed by atoms with van der Waals surface area (Å²) in [6.45, 7) is 8.89. The zero-order valence-electron chi connectivity index (χ0n) is 7.07. The average molecular weight is 126 g/mol. The van der Waals surface area contributed by atoms with Crippen LogP contribution in [0, 0.1) is 5.92 Å². The quantitative estimate of drug-likeness (QED) is 0.508. The molecule has 1 atom stereocenters. The Morgan fingerprint density at radius 2 is 2.00 bits per heavy atom. The van der Waals surface area contributed by atoms with E-state index in [1.165, 1.54) is 18.4 Å². The van der Waals surface area contributed by atoms with Gasteiger partial charge in [-0.1, -0.05) is 38.8 Å². The highest BCUT2D eigenvalue weighted by Gasteiger charge is 1.91. The van der Waals surface area contributed by atoms with E-state index < -0.39 is 0 Å². The van der Waals surface area contributed by atoms with Crippen LogP contribution >= 0.6 is 0 Å². The van der Waals surface area contributed by atoms with Gasteiger partial charge in [-0.3, -0.25) is 0 Å². The third kappa shape index (κ3) is 4.26. The Kier molecular flexibility index (Phi) is 4.47. The first-order valence-electron chi connectivity index (χ1n) is 3.88. The fourth-order valence-corrected chi connectivity index (χ4v) is 0.721. The first-order valence-corrected chi connectivity index (χ1v) is 3.88. The Labute approximate surface area is 59.0 Å². The standard InChI is InChI=1S/C9H18/c1-5-8(3)7-9(4)6-2/h7-8H,5-6H2,1-4H3/b9-7-. The Morgan fingerprint density at radius 1 is 1.44 bits per heavy atom. The van der Waals surface area contributed by atoms with Crippen molar-refractivity contribution in [3.8, 4) is 0 Å². The summed E-state index contributed by atoms with van der Waals surface area (Å²) in [5.74, 6) is 0.768. The van der Waals surface area contributed by atoms with E-state index in [1.807, 2.05) is 0 Å². The van der Waals surface area contributed by atoms with Crippen molar-refractivity contribution in [2.75, 3.05) is 0 Å². The summed E-state index contributed by atoms with van der Waals surface area (Å²) < 4.78 is 0. The van der Waals surface area contributed by atoms with Crippen LogP contribution in [0.2, 0.25) is 0 Å². The van der Waals surface area contributed by atoms with Gasteiger partial charge in [-0.25, -0.2) is 0 Å². The van der Waals surface area contributed by atoms with E-state index in [-0.39, 0.29) is 0 Å². The summed E-state index contributed by atoms with van der Waals surface area (Å²) in [5.41, 5.74) is 1.52. The maximum Gasteiger partial charge on any atom is -0.0262 e. The van der Waals surface area contributed by atoms with Crippen molar-refractivity contribution in [3.05, 3.63) is 11.6 Å². The van der Waals surface area contributed by atoms with Crippen LogP contribution in [0.15, 0.2) is 11.6 Å². The molecule has 0 aliphatic carbocycles. The molecule has 0 aromatic heterocycles. The normalized spacial score (nSPS) is 15.8. The molecule has 0 aromatic rings. The lowest BCUT2D eigenvalue weighted by Gasteiger charge is -2.01. The molecule has 0 heterocycles. The zero-order chi connectivity index (χ0) is 7.28. The van der Waals surface area contributed by atoms with Crippen LogP contribution in [0.3, 0.4) is 0 Å². The van der Waals surface area contributed by atoms with Crippen molar-refractivity contribution in [2.24, 2.45) is 5.92 Å². The van der Waals surface area contributed by atoms with Crippen molar-refractivity contribution in [1.82, 2.24) is 0 Å². The lowest BCUT2D eigenvalue weighted by molar-refractivity contribution is 0.689.